The van der Waals surface area contributed by atoms with E-state index < -0.39 is 5.82 Å². The van der Waals surface area contributed by atoms with Crippen LogP contribution in [0.15, 0.2) is 12.1 Å². The summed E-state index contributed by atoms with van der Waals surface area (Å²) in [6.45, 7) is 4.79. The molecule has 17 heavy (non-hydrogen) atoms. The number of aryl methyl sites for hydroxylation is 2. The molecule has 0 amide bonds. The van der Waals surface area contributed by atoms with Crippen molar-refractivity contribution in [3.63, 3.8) is 0 Å². The highest BCUT2D eigenvalue weighted by Crippen LogP contribution is 2.15. The van der Waals surface area contributed by atoms with E-state index in [1.807, 2.05) is 6.07 Å². The van der Waals surface area contributed by atoms with Crippen molar-refractivity contribution in [2.75, 3.05) is 26.8 Å². The number of methoxy groups -OCH3 is 1. The summed E-state index contributed by atoms with van der Waals surface area (Å²) in [5.74, 6) is -0.669. The van der Waals surface area contributed by atoms with Crippen LogP contribution >= 0.6 is 0 Å². The Morgan fingerprint density at radius 3 is 2.71 bits per heavy atom. The van der Waals surface area contributed by atoms with Crippen LogP contribution in [0.25, 0.3) is 0 Å². The lowest BCUT2D eigenvalue weighted by molar-refractivity contribution is 0.0983. The molecule has 0 spiro atoms. The first-order chi connectivity index (χ1) is 8.06. The Morgan fingerprint density at radius 1 is 1.41 bits per heavy atom. The third-order valence-corrected chi connectivity index (χ3v) is 2.48. The van der Waals surface area contributed by atoms with Gasteiger partial charge in [-0.15, -0.1) is 0 Å². The van der Waals surface area contributed by atoms with Gasteiger partial charge in [-0.2, -0.15) is 0 Å². The van der Waals surface area contributed by atoms with Crippen LogP contribution < -0.4 is 5.32 Å². The van der Waals surface area contributed by atoms with Crippen molar-refractivity contribution in [2.45, 2.75) is 13.8 Å². The minimum absolute atomic E-state index is 0.129. The predicted octanol–water partition coefficient (Wildman–Crippen LogP) is 1.86. The molecule has 0 unspecified atom stereocenters. The Hall–Kier alpha value is -1.26. The molecule has 1 aromatic rings. The molecule has 0 fully saturated rings. The van der Waals surface area contributed by atoms with E-state index >= 15 is 0 Å². The Bertz CT molecular complexity index is 381. The minimum atomic E-state index is -0.443. The lowest BCUT2D eigenvalue weighted by Crippen LogP contribution is -2.27. The molecule has 0 saturated carbocycles. The maximum atomic E-state index is 13.7. The molecule has 0 heterocycles. The van der Waals surface area contributed by atoms with Crippen molar-refractivity contribution in [3.05, 3.63) is 34.6 Å². The average Bonchev–Trinajstić information content (AvgIpc) is 2.23. The summed E-state index contributed by atoms with van der Waals surface area (Å²) >= 11 is 0. The molecule has 0 radical (unpaired) electrons. The number of hydrogen-bond donors (Lipinski definition) is 1. The smallest absolute Gasteiger partial charge is 0.179 e. The number of ketones is 1. The lowest BCUT2D eigenvalue weighted by atomic mass is 10.0. The number of hydrogen-bond acceptors (Lipinski definition) is 3. The molecule has 0 aliphatic rings. The third-order valence-electron chi connectivity index (χ3n) is 2.48. The molecule has 0 atom stereocenters. The normalized spacial score (nSPS) is 10.6. The number of carbonyl (C=O) groups is 1. The Balaban J connectivity index is 2.69. The van der Waals surface area contributed by atoms with Gasteiger partial charge in [-0.3, -0.25) is 4.79 Å². The van der Waals surface area contributed by atoms with E-state index in [-0.39, 0.29) is 17.9 Å². The van der Waals surface area contributed by atoms with E-state index in [0.717, 1.165) is 5.56 Å². The summed E-state index contributed by atoms with van der Waals surface area (Å²) in [6, 6.07) is 3.20. The number of rotatable bonds is 6. The number of Topliss-reactive ketones (excluding diaryl/α,β-unsaturated/α-hetero) is 1. The van der Waals surface area contributed by atoms with Gasteiger partial charge in [0.2, 0.25) is 0 Å². The van der Waals surface area contributed by atoms with Crippen LogP contribution in [0.5, 0.6) is 0 Å². The molecule has 1 N–H and O–H groups in total. The number of ether oxygens (including phenoxy) is 1. The van der Waals surface area contributed by atoms with Gasteiger partial charge in [-0.25, -0.2) is 4.39 Å². The largest absolute Gasteiger partial charge is 0.383 e. The fraction of sp³-hybridized carbons (Fsp3) is 0.462. The van der Waals surface area contributed by atoms with Gasteiger partial charge in [0.1, 0.15) is 5.82 Å². The fourth-order valence-electron chi connectivity index (χ4n) is 1.73. The van der Waals surface area contributed by atoms with Crippen molar-refractivity contribution in [3.8, 4) is 0 Å². The number of nitrogens with one attached hydrogen (secondary N) is 1. The van der Waals surface area contributed by atoms with E-state index in [9.17, 15) is 9.18 Å². The molecule has 3 nitrogen and oxygen atoms in total. The second kappa shape index (κ2) is 6.47. The lowest BCUT2D eigenvalue weighted by Gasteiger charge is -2.08. The molecule has 1 aromatic carbocycles. The summed E-state index contributed by atoms with van der Waals surface area (Å²) in [7, 11) is 1.59. The Kier molecular flexibility index (Phi) is 5.25. The highest BCUT2D eigenvalue weighted by atomic mass is 19.1. The van der Waals surface area contributed by atoms with Crippen LogP contribution in [0.3, 0.4) is 0 Å². The summed E-state index contributed by atoms with van der Waals surface area (Å²) in [5.41, 5.74) is 1.69. The highest BCUT2D eigenvalue weighted by Gasteiger charge is 2.14. The molecule has 1 rings (SSSR count). The monoisotopic (exact) mass is 239 g/mol. The highest BCUT2D eigenvalue weighted by molar-refractivity contribution is 5.99. The van der Waals surface area contributed by atoms with Crippen molar-refractivity contribution in [2.24, 2.45) is 0 Å². The molecule has 0 aliphatic carbocycles. The van der Waals surface area contributed by atoms with Crippen molar-refractivity contribution < 1.29 is 13.9 Å². The topological polar surface area (TPSA) is 38.3 Å². The zero-order valence-corrected chi connectivity index (χ0v) is 10.5. The third kappa shape index (κ3) is 3.91. The average molecular weight is 239 g/mol. The Labute approximate surface area is 101 Å². The van der Waals surface area contributed by atoms with Gasteiger partial charge >= 0.3 is 0 Å². The molecular formula is C13H18FNO2. The molecule has 0 aliphatic heterocycles. The van der Waals surface area contributed by atoms with E-state index in [4.69, 9.17) is 4.74 Å². The van der Waals surface area contributed by atoms with Crippen LogP contribution in [0, 0.1) is 19.7 Å². The summed E-state index contributed by atoms with van der Waals surface area (Å²) in [6.07, 6.45) is 0. The number of carbonyl (C=O) groups excluding carboxylic acids is 1. The van der Waals surface area contributed by atoms with Crippen LogP contribution in [-0.2, 0) is 4.74 Å². The van der Waals surface area contributed by atoms with Gasteiger partial charge in [0.25, 0.3) is 0 Å². The molecule has 0 aromatic heterocycles. The first-order valence-electron chi connectivity index (χ1n) is 5.56. The maximum absolute atomic E-state index is 13.7. The molecule has 0 saturated heterocycles. The van der Waals surface area contributed by atoms with E-state index in [0.29, 0.717) is 18.7 Å². The second-order valence-electron chi connectivity index (χ2n) is 4.03. The number of halogens is 1. The summed E-state index contributed by atoms with van der Waals surface area (Å²) < 4.78 is 18.5. The predicted molar refractivity (Wildman–Crippen MR) is 65.0 cm³/mol. The van der Waals surface area contributed by atoms with Crippen LogP contribution in [0.4, 0.5) is 4.39 Å². The maximum Gasteiger partial charge on any atom is 0.179 e. The van der Waals surface area contributed by atoms with Gasteiger partial charge < -0.3 is 10.1 Å². The van der Waals surface area contributed by atoms with Crippen LogP contribution in [0.1, 0.15) is 21.5 Å². The van der Waals surface area contributed by atoms with Gasteiger partial charge in [-0.1, -0.05) is 6.07 Å². The first kappa shape index (κ1) is 13.8. The van der Waals surface area contributed by atoms with E-state index in [1.54, 1.807) is 21.0 Å². The second-order valence-corrected chi connectivity index (χ2v) is 4.03. The van der Waals surface area contributed by atoms with E-state index in [1.165, 1.54) is 6.07 Å². The molecule has 0 bridgehead atoms. The number of benzene rings is 1. The van der Waals surface area contributed by atoms with Crippen molar-refractivity contribution in [1.82, 2.24) is 5.32 Å². The first-order valence-corrected chi connectivity index (χ1v) is 5.56. The van der Waals surface area contributed by atoms with Crippen LogP contribution in [-0.4, -0.2) is 32.6 Å². The minimum Gasteiger partial charge on any atom is -0.383 e. The fourth-order valence-corrected chi connectivity index (χ4v) is 1.73. The molecule has 94 valence electrons. The Morgan fingerprint density at radius 2 is 2.12 bits per heavy atom. The summed E-state index contributed by atoms with van der Waals surface area (Å²) in [4.78, 5) is 11.8. The summed E-state index contributed by atoms with van der Waals surface area (Å²) in [5, 5.41) is 2.91. The van der Waals surface area contributed by atoms with Crippen LogP contribution in [0.2, 0.25) is 0 Å². The van der Waals surface area contributed by atoms with Gasteiger partial charge in [0.05, 0.1) is 18.7 Å². The molecule has 4 heteroatoms. The zero-order chi connectivity index (χ0) is 12.8. The zero-order valence-electron chi connectivity index (χ0n) is 10.5. The van der Waals surface area contributed by atoms with Gasteiger partial charge in [0, 0.05) is 13.7 Å². The van der Waals surface area contributed by atoms with Crippen molar-refractivity contribution in [1.29, 1.82) is 0 Å². The molecular weight excluding hydrogens is 221 g/mol. The SMILES string of the molecule is COCCNCC(=O)c1c(C)cc(C)cc1F. The van der Waals surface area contributed by atoms with Gasteiger partial charge in [0.15, 0.2) is 5.78 Å². The van der Waals surface area contributed by atoms with Crippen molar-refractivity contribution >= 4 is 5.78 Å². The van der Waals surface area contributed by atoms with Gasteiger partial charge in [-0.05, 0) is 31.0 Å². The quantitative estimate of drug-likeness (QED) is 0.608. The standard InChI is InChI=1S/C13H18FNO2/c1-9-6-10(2)13(11(14)7-9)12(16)8-15-4-5-17-3/h6-7,15H,4-5,8H2,1-3H3. The van der Waals surface area contributed by atoms with E-state index in [2.05, 4.69) is 5.32 Å².